The van der Waals surface area contributed by atoms with E-state index in [9.17, 15) is 19.1 Å². The fraction of sp³-hybridized carbons (Fsp3) is 0.556. The molecule has 6 nitrogen and oxygen atoms in total. The molecule has 3 rings (SSSR count). The third-order valence-electron chi connectivity index (χ3n) is 5.15. The summed E-state index contributed by atoms with van der Waals surface area (Å²) in [7, 11) is 0. The molecule has 0 radical (unpaired) electrons. The Kier molecular flexibility index (Phi) is 4.94. The van der Waals surface area contributed by atoms with Gasteiger partial charge < -0.3 is 20.6 Å². The van der Waals surface area contributed by atoms with Crippen molar-refractivity contribution in [3.05, 3.63) is 29.6 Å². The molecule has 2 aliphatic rings. The highest BCUT2D eigenvalue weighted by atomic mass is 19.1. The summed E-state index contributed by atoms with van der Waals surface area (Å²) in [6.45, 7) is 4.05. The maximum Gasteiger partial charge on any atom is 0.318 e. The van der Waals surface area contributed by atoms with Crippen molar-refractivity contribution in [3.63, 3.8) is 0 Å². The number of hydrogen-bond acceptors (Lipinski definition) is 3. The van der Waals surface area contributed by atoms with Gasteiger partial charge in [0.25, 0.3) is 0 Å². The van der Waals surface area contributed by atoms with Crippen LogP contribution in [-0.4, -0.2) is 40.1 Å². The van der Waals surface area contributed by atoms with Gasteiger partial charge in [0.2, 0.25) is 5.91 Å². The van der Waals surface area contributed by atoms with Crippen LogP contribution in [0.3, 0.4) is 0 Å². The minimum atomic E-state index is -0.634. The van der Waals surface area contributed by atoms with Crippen LogP contribution in [0.2, 0.25) is 0 Å². The van der Waals surface area contributed by atoms with Gasteiger partial charge in [0.1, 0.15) is 11.9 Å². The molecule has 25 heavy (non-hydrogen) atoms. The smallest absolute Gasteiger partial charge is 0.318 e. The highest BCUT2D eigenvalue weighted by molar-refractivity contribution is 5.98. The molecule has 136 valence electrons. The molecule has 1 fully saturated rings. The van der Waals surface area contributed by atoms with E-state index in [4.69, 9.17) is 0 Å². The number of hydrogen-bond donors (Lipinski definition) is 3. The second kappa shape index (κ2) is 7.00. The number of rotatable bonds is 3. The number of nitrogens with zero attached hydrogens (tertiary/aromatic N) is 1. The summed E-state index contributed by atoms with van der Waals surface area (Å²) < 4.78 is 13.6. The van der Waals surface area contributed by atoms with E-state index in [0.29, 0.717) is 24.1 Å². The van der Waals surface area contributed by atoms with E-state index in [0.717, 1.165) is 6.42 Å². The molecule has 0 aromatic heterocycles. The lowest BCUT2D eigenvalue weighted by Crippen LogP contribution is -2.56. The van der Waals surface area contributed by atoms with Crippen molar-refractivity contribution in [2.75, 3.05) is 5.32 Å². The van der Waals surface area contributed by atoms with E-state index in [1.165, 1.54) is 23.1 Å². The predicted octanol–water partition coefficient (Wildman–Crippen LogP) is 2.23. The number of urea groups is 1. The Morgan fingerprint density at radius 3 is 2.84 bits per heavy atom. The van der Waals surface area contributed by atoms with Crippen molar-refractivity contribution in [1.29, 1.82) is 0 Å². The molecular weight excluding hydrogens is 325 g/mol. The Morgan fingerprint density at radius 2 is 2.20 bits per heavy atom. The molecule has 0 bridgehead atoms. The maximum absolute atomic E-state index is 13.6. The Balaban J connectivity index is 1.88. The molecule has 0 spiro atoms. The molecular formula is C18H24FN3O3. The number of anilines is 1. The standard InChI is InChI=1S/C18H24FN3O3/c1-3-10(2)16-17(24)21-15-5-4-12(19)6-11(15)9-22(16)18(25)20-13-7-14(23)8-13/h4-6,10,13-14,16,23H,3,7-9H2,1-2H3,(H,20,25)(H,21,24). The summed E-state index contributed by atoms with van der Waals surface area (Å²) in [6.07, 6.45) is 1.39. The van der Waals surface area contributed by atoms with Crippen molar-refractivity contribution >= 4 is 17.6 Å². The van der Waals surface area contributed by atoms with Gasteiger partial charge in [0, 0.05) is 11.7 Å². The largest absolute Gasteiger partial charge is 0.393 e. The molecule has 1 aromatic rings. The minimum absolute atomic E-state index is 0.0445. The Morgan fingerprint density at radius 1 is 1.48 bits per heavy atom. The van der Waals surface area contributed by atoms with Crippen LogP contribution in [-0.2, 0) is 11.3 Å². The van der Waals surface area contributed by atoms with Gasteiger partial charge in [-0.1, -0.05) is 20.3 Å². The third kappa shape index (κ3) is 3.61. The normalized spacial score (nSPS) is 26.8. The minimum Gasteiger partial charge on any atom is -0.393 e. The quantitative estimate of drug-likeness (QED) is 0.783. The van der Waals surface area contributed by atoms with Gasteiger partial charge in [-0.15, -0.1) is 0 Å². The van der Waals surface area contributed by atoms with E-state index >= 15 is 0 Å². The van der Waals surface area contributed by atoms with Crippen LogP contribution in [0.4, 0.5) is 14.9 Å². The molecule has 1 heterocycles. The average Bonchev–Trinajstić information content (AvgIpc) is 2.68. The summed E-state index contributed by atoms with van der Waals surface area (Å²) in [5, 5.41) is 15.1. The summed E-state index contributed by atoms with van der Waals surface area (Å²) in [5.41, 5.74) is 1.11. The molecule has 1 aliphatic carbocycles. The van der Waals surface area contributed by atoms with Gasteiger partial charge in [0.15, 0.2) is 0 Å². The van der Waals surface area contributed by atoms with Crippen LogP contribution in [0.25, 0.3) is 0 Å². The number of carbonyl (C=O) groups is 2. The predicted molar refractivity (Wildman–Crippen MR) is 91.4 cm³/mol. The first-order chi connectivity index (χ1) is 11.9. The lowest BCUT2D eigenvalue weighted by atomic mass is 9.89. The zero-order chi connectivity index (χ0) is 18.1. The Labute approximate surface area is 146 Å². The van der Waals surface area contributed by atoms with Crippen LogP contribution in [0, 0.1) is 11.7 Å². The lowest BCUT2D eigenvalue weighted by molar-refractivity contribution is -0.122. The van der Waals surface area contributed by atoms with Gasteiger partial charge in [-0.3, -0.25) is 4.79 Å². The third-order valence-corrected chi connectivity index (χ3v) is 5.15. The number of aliphatic hydroxyl groups is 1. The average molecular weight is 349 g/mol. The monoisotopic (exact) mass is 349 g/mol. The zero-order valence-corrected chi connectivity index (χ0v) is 14.5. The molecule has 0 saturated heterocycles. The van der Waals surface area contributed by atoms with Gasteiger partial charge in [0.05, 0.1) is 12.6 Å². The molecule has 3 amide bonds. The number of halogens is 1. The van der Waals surface area contributed by atoms with E-state index in [-0.39, 0.29) is 36.5 Å². The first-order valence-corrected chi connectivity index (χ1v) is 8.73. The number of benzene rings is 1. The molecule has 2 atom stereocenters. The number of carbonyl (C=O) groups excluding carboxylic acids is 2. The first-order valence-electron chi connectivity index (χ1n) is 8.73. The zero-order valence-electron chi connectivity index (χ0n) is 14.5. The van der Waals surface area contributed by atoms with Gasteiger partial charge in [-0.25, -0.2) is 9.18 Å². The number of nitrogens with one attached hydrogen (secondary N) is 2. The van der Waals surface area contributed by atoms with Gasteiger partial charge >= 0.3 is 6.03 Å². The Bertz CT molecular complexity index is 676. The Hall–Kier alpha value is -2.15. The molecule has 2 unspecified atom stereocenters. The number of amides is 3. The fourth-order valence-corrected chi connectivity index (χ4v) is 3.40. The van der Waals surface area contributed by atoms with E-state index in [1.54, 1.807) is 0 Å². The van der Waals surface area contributed by atoms with E-state index in [1.807, 2.05) is 13.8 Å². The summed E-state index contributed by atoms with van der Waals surface area (Å²) in [4.78, 5) is 27.0. The van der Waals surface area contributed by atoms with Crippen molar-refractivity contribution < 1.29 is 19.1 Å². The van der Waals surface area contributed by atoms with Crippen molar-refractivity contribution in [1.82, 2.24) is 10.2 Å². The highest BCUT2D eigenvalue weighted by Crippen LogP contribution is 2.28. The van der Waals surface area contributed by atoms with Crippen molar-refractivity contribution in [3.8, 4) is 0 Å². The summed E-state index contributed by atoms with van der Waals surface area (Å²) in [5.74, 6) is -0.710. The van der Waals surface area contributed by atoms with E-state index in [2.05, 4.69) is 10.6 Å². The van der Waals surface area contributed by atoms with Crippen molar-refractivity contribution in [2.45, 2.75) is 57.8 Å². The molecule has 1 aromatic carbocycles. The molecule has 1 aliphatic heterocycles. The van der Waals surface area contributed by atoms with E-state index < -0.39 is 11.9 Å². The number of fused-ring (bicyclic) bond motifs is 1. The van der Waals surface area contributed by atoms with Crippen LogP contribution in [0.1, 0.15) is 38.7 Å². The molecule has 1 saturated carbocycles. The van der Waals surface area contributed by atoms with Crippen LogP contribution in [0.15, 0.2) is 18.2 Å². The second-order valence-corrected chi connectivity index (χ2v) is 7.02. The maximum atomic E-state index is 13.6. The van der Waals surface area contributed by atoms with Gasteiger partial charge in [-0.2, -0.15) is 0 Å². The lowest BCUT2D eigenvalue weighted by Gasteiger charge is -2.37. The first kappa shape index (κ1) is 17.7. The van der Waals surface area contributed by atoms with Gasteiger partial charge in [-0.05, 0) is 42.5 Å². The van der Waals surface area contributed by atoms with Crippen molar-refractivity contribution in [2.24, 2.45) is 5.92 Å². The van der Waals surface area contributed by atoms with Crippen LogP contribution >= 0.6 is 0 Å². The van der Waals surface area contributed by atoms with Crippen LogP contribution in [0.5, 0.6) is 0 Å². The molecule has 7 heteroatoms. The second-order valence-electron chi connectivity index (χ2n) is 7.02. The summed E-state index contributed by atoms with van der Waals surface area (Å²) >= 11 is 0. The number of aliphatic hydroxyl groups excluding tert-OH is 1. The SMILES string of the molecule is CCC(C)C1C(=O)Nc2ccc(F)cc2CN1C(=O)NC1CC(O)C1. The van der Waals surface area contributed by atoms with Crippen LogP contribution < -0.4 is 10.6 Å². The highest BCUT2D eigenvalue weighted by Gasteiger charge is 2.38. The molecule has 3 N–H and O–H groups in total. The summed E-state index contributed by atoms with van der Waals surface area (Å²) in [6, 6.07) is 3.10. The topological polar surface area (TPSA) is 81.7 Å². The fourth-order valence-electron chi connectivity index (χ4n) is 3.40.